The van der Waals surface area contributed by atoms with Crippen LogP contribution in [0.1, 0.15) is 16.8 Å². The fourth-order valence-electron chi connectivity index (χ4n) is 0.927. The van der Waals surface area contributed by atoms with E-state index in [1.807, 2.05) is 0 Å². The third-order valence-electron chi connectivity index (χ3n) is 1.60. The summed E-state index contributed by atoms with van der Waals surface area (Å²) in [5.41, 5.74) is 0.527. The van der Waals surface area contributed by atoms with Gasteiger partial charge in [-0.3, -0.25) is 4.79 Å². The molecular weight excluding hydrogens is 200 g/mol. The predicted molar refractivity (Wildman–Crippen MR) is 55.8 cm³/mol. The van der Waals surface area contributed by atoms with Gasteiger partial charge in [-0.1, -0.05) is 11.6 Å². The van der Waals surface area contributed by atoms with E-state index in [4.69, 9.17) is 22.8 Å². The van der Waals surface area contributed by atoms with Gasteiger partial charge in [-0.2, -0.15) is 0 Å². The van der Waals surface area contributed by atoms with Crippen molar-refractivity contribution in [1.82, 2.24) is 0 Å². The van der Waals surface area contributed by atoms with Gasteiger partial charge in [0.1, 0.15) is 12.0 Å². The van der Waals surface area contributed by atoms with Gasteiger partial charge in [-0.15, -0.1) is 12.3 Å². The lowest BCUT2D eigenvalue weighted by Crippen LogP contribution is -1.96. The van der Waals surface area contributed by atoms with Crippen molar-refractivity contribution >= 4 is 17.9 Å². The van der Waals surface area contributed by atoms with Crippen LogP contribution in [-0.2, 0) is 0 Å². The molecule has 0 unspecified atom stereocenters. The fourth-order valence-corrected chi connectivity index (χ4v) is 1.17. The summed E-state index contributed by atoms with van der Waals surface area (Å²) in [7, 11) is 0. The molecule has 0 saturated carbocycles. The van der Waals surface area contributed by atoms with E-state index in [-0.39, 0.29) is 0 Å². The lowest BCUT2D eigenvalue weighted by molar-refractivity contribution is 0.112. The summed E-state index contributed by atoms with van der Waals surface area (Å²) < 4.78 is 5.29. The van der Waals surface area contributed by atoms with Crippen molar-refractivity contribution in [2.24, 2.45) is 0 Å². The molecule has 0 aliphatic carbocycles. The molecule has 0 amide bonds. The molecule has 0 aliphatic rings. The van der Waals surface area contributed by atoms with Gasteiger partial charge in [0.05, 0.1) is 11.6 Å². The van der Waals surface area contributed by atoms with Crippen LogP contribution in [0.4, 0.5) is 0 Å². The second-order valence-corrected chi connectivity index (χ2v) is 3.02. The third-order valence-corrected chi connectivity index (χ3v) is 1.89. The third kappa shape index (κ3) is 2.79. The molecule has 1 rings (SSSR count). The Bertz CT molecular complexity index is 366. The summed E-state index contributed by atoms with van der Waals surface area (Å²) in [4.78, 5) is 10.4. The molecule has 0 bridgehead atoms. The second-order valence-electron chi connectivity index (χ2n) is 2.61. The summed E-state index contributed by atoms with van der Waals surface area (Å²) in [5.74, 6) is 3.00. The monoisotopic (exact) mass is 208 g/mol. The van der Waals surface area contributed by atoms with E-state index in [0.717, 1.165) is 6.29 Å². The largest absolute Gasteiger partial charge is 0.491 e. The molecule has 0 aliphatic heterocycles. The van der Waals surface area contributed by atoms with Gasteiger partial charge in [-0.25, -0.2) is 0 Å². The highest BCUT2D eigenvalue weighted by Gasteiger charge is 2.01. The second kappa shape index (κ2) is 5.31. The van der Waals surface area contributed by atoms with Crippen molar-refractivity contribution in [3.63, 3.8) is 0 Å². The summed E-state index contributed by atoms with van der Waals surface area (Å²) in [6.07, 6.45) is 6.33. The number of hydrogen-bond acceptors (Lipinski definition) is 2. The summed E-state index contributed by atoms with van der Waals surface area (Å²) >= 11 is 5.85. The number of ether oxygens (including phenoxy) is 1. The van der Waals surface area contributed by atoms with Crippen LogP contribution in [0.2, 0.25) is 5.02 Å². The van der Waals surface area contributed by atoms with Crippen molar-refractivity contribution in [3.8, 4) is 18.1 Å². The van der Waals surface area contributed by atoms with Gasteiger partial charge in [0, 0.05) is 12.0 Å². The highest BCUT2D eigenvalue weighted by molar-refractivity contribution is 6.32. The van der Waals surface area contributed by atoms with Crippen molar-refractivity contribution in [2.45, 2.75) is 6.42 Å². The highest BCUT2D eigenvalue weighted by Crippen LogP contribution is 2.24. The van der Waals surface area contributed by atoms with Gasteiger partial charge in [0.25, 0.3) is 0 Å². The van der Waals surface area contributed by atoms with Gasteiger partial charge >= 0.3 is 0 Å². The van der Waals surface area contributed by atoms with Crippen LogP contribution in [0.15, 0.2) is 18.2 Å². The molecule has 0 fully saturated rings. The lowest BCUT2D eigenvalue weighted by Gasteiger charge is -2.05. The predicted octanol–water partition coefficient (Wildman–Crippen LogP) is 2.55. The molecule has 0 saturated heterocycles. The Morgan fingerprint density at radius 1 is 1.57 bits per heavy atom. The summed E-state index contributed by atoms with van der Waals surface area (Å²) in [6, 6.07) is 4.85. The van der Waals surface area contributed by atoms with Gasteiger partial charge in [-0.05, 0) is 18.2 Å². The van der Waals surface area contributed by atoms with Crippen LogP contribution in [-0.4, -0.2) is 12.9 Å². The van der Waals surface area contributed by atoms with E-state index in [1.54, 1.807) is 18.2 Å². The number of hydrogen-bond donors (Lipinski definition) is 0. The zero-order chi connectivity index (χ0) is 10.4. The lowest BCUT2D eigenvalue weighted by atomic mass is 10.2. The average Bonchev–Trinajstić information content (AvgIpc) is 2.20. The maximum Gasteiger partial charge on any atom is 0.150 e. The minimum atomic E-state index is 0.423. The summed E-state index contributed by atoms with van der Waals surface area (Å²) in [6.45, 7) is 0.427. The smallest absolute Gasteiger partial charge is 0.150 e. The molecule has 0 atom stereocenters. The molecule has 1 aromatic rings. The van der Waals surface area contributed by atoms with Crippen molar-refractivity contribution in [1.29, 1.82) is 0 Å². The zero-order valence-corrected chi connectivity index (χ0v) is 8.25. The van der Waals surface area contributed by atoms with Crippen LogP contribution in [0.25, 0.3) is 0 Å². The van der Waals surface area contributed by atoms with Gasteiger partial charge < -0.3 is 4.74 Å². The maximum absolute atomic E-state index is 10.4. The van der Waals surface area contributed by atoms with E-state index in [0.29, 0.717) is 29.4 Å². The topological polar surface area (TPSA) is 26.3 Å². The summed E-state index contributed by atoms with van der Waals surface area (Å²) in [5, 5.41) is 0.423. The maximum atomic E-state index is 10.4. The van der Waals surface area contributed by atoms with Crippen LogP contribution in [0, 0.1) is 12.3 Å². The minimum Gasteiger partial charge on any atom is -0.491 e. The molecular formula is C11H9ClO2. The van der Waals surface area contributed by atoms with Crippen LogP contribution in [0.5, 0.6) is 5.75 Å². The van der Waals surface area contributed by atoms with E-state index < -0.39 is 0 Å². The first-order valence-electron chi connectivity index (χ1n) is 4.09. The molecule has 0 spiro atoms. The number of carbonyl (C=O) groups excluding carboxylic acids is 1. The average molecular weight is 209 g/mol. The number of halogens is 1. The van der Waals surface area contributed by atoms with Crippen LogP contribution in [0.3, 0.4) is 0 Å². The Balaban J connectivity index is 2.69. The van der Waals surface area contributed by atoms with Crippen LogP contribution >= 0.6 is 11.6 Å². The minimum absolute atomic E-state index is 0.423. The van der Waals surface area contributed by atoms with Gasteiger partial charge in [0.2, 0.25) is 0 Å². The normalized spacial score (nSPS) is 9.14. The highest BCUT2D eigenvalue weighted by atomic mass is 35.5. The molecule has 2 nitrogen and oxygen atoms in total. The van der Waals surface area contributed by atoms with Gasteiger partial charge in [0.15, 0.2) is 0 Å². The molecule has 72 valence electrons. The Morgan fingerprint density at radius 3 is 2.93 bits per heavy atom. The van der Waals surface area contributed by atoms with Crippen LogP contribution < -0.4 is 4.74 Å². The Labute approximate surface area is 87.8 Å². The standard InChI is InChI=1S/C11H9ClO2/c1-2-3-6-14-11-5-4-9(8-13)7-10(11)12/h1,4-5,7-8H,3,6H2. The van der Waals surface area contributed by atoms with E-state index >= 15 is 0 Å². The Hall–Kier alpha value is -1.46. The number of rotatable bonds is 4. The van der Waals surface area contributed by atoms with E-state index in [1.165, 1.54) is 0 Å². The van der Waals surface area contributed by atoms with Crippen molar-refractivity contribution in [2.75, 3.05) is 6.61 Å². The van der Waals surface area contributed by atoms with Crippen molar-refractivity contribution < 1.29 is 9.53 Å². The molecule has 0 aromatic heterocycles. The molecule has 1 aromatic carbocycles. The van der Waals surface area contributed by atoms with E-state index in [2.05, 4.69) is 5.92 Å². The molecule has 14 heavy (non-hydrogen) atoms. The Morgan fingerprint density at radius 2 is 2.36 bits per heavy atom. The zero-order valence-electron chi connectivity index (χ0n) is 7.50. The number of carbonyl (C=O) groups is 1. The molecule has 3 heteroatoms. The molecule has 0 heterocycles. The first-order chi connectivity index (χ1) is 6.77. The molecule has 0 radical (unpaired) electrons. The number of aldehydes is 1. The first-order valence-corrected chi connectivity index (χ1v) is 4.46. The Kier molecular flexibility index (Phi) is 4.03. The SMILES string of the molecule is C#CCCOc1ccc(C=O)cc1Cl. The molecule has 0 N–H and O–H groups in total. The number of terminal acetylenes is 1. The quantitative estimate of drug-likeness (QED) is 0.432. The van der Waals surface area contributed by atoms with E-state index in [9.17, 15) is 4.79 Å². The number of benzene rings is 1. The first kappa shape index (κ1) is 10.6. The fraction of sp³-hybridized carbons (Fsp3) is 0.182. The van der Waals surface area contributed by atoms with Crippen molar-refractivity contribution in [3.05, 3.63) is 28.8 Å².